The summed E-state index contributed by atoms with van der Waals surface area (Å²) in [5, 5.41) is 4.96. The number of hydrogen-bond acceptors (Lipinski definition) is 5. The Morgan fingerprint density at radius 1 is 1.16 bits per heavy atom. The van der Waals surface area contributed by atoms with Crippen molar-refractivity contribution in [2.45, 2.75) is 39.6 Å². The molecule has 0 saturated heterocycles. The molecule has 0 bridgehead atoms. The fourth-order valence-electron chi connectivity index (χ4n) is 2.69. The number of thioether (sulfide) groups is 1. The monoisotopic (exact) mass is 371 g/mol. The van der Waals surface area contributed by atoms with Crippen molar-refractivity contribution in [3.8, 4) is 0 Å². The quantitative estimate of drug-likeness (QED) is 0.520. The number of aryl methyl sites for hydroxylation is 5. The Bertz CT molecular complexity index is 963. The first kappa shape index (κ1) is 17.9. The standard InChI is InChI=1S/C19H21N3OS2/c1-10-6-7-15(11(2)8-10)22-16(23)9-24-18-17-12(3)13(4)25-19(17)21-14(5)20-18/h6-8H,9H2,1-5H3,(H,22,23). The molecule has 0 saturated carbocycles. The number of hydrogen-bond donors (Lipinski definition) is 1. The molecular weight excluding hydrogens is 350 g/mol. The summed E-state index contributed by atoms with van der Waals surface area (Å²) in [6, 6.07) is 6.02. The summed E-state index contributed by atoms with van der Waals surface area (Å²) >= 11 is 3.15. The van der Waals surface area contributed by atoms with Crippen LogP contribution in [-0.2, 0) is 4.79 Å². The second-order valence-electron chi connectivity index (χ2n) is 6.19. The Morgan fingerprint density at radius 3 is 2.64 bits per heavy atom. The van der Waals surface area contributed by atoms with Crippen molar-refractivity contribution >= 4 is 44.9 Å². The molecule has 6 heteroatoms. The van der Waals surface area contributed by atoms with Crippen LogP contribution in [0, 0.1) is 34.6 Å². The van der Waals surface area contributed by atoms with Crippen LogP contribution in [0.2, 0.25) is 0 Å². The lowest BCUT2D eigenvalue weighted by Crippen LogP contribution is -2.15. The third-order valence-electron chi connectivity index (χ3n) is 4.10. The van der Waals surface area contributed by atoms with Gasteiger partial charge < -0.3 is 5.32 Å². The van der Waals surface area contributed by atoms with Gasteiger partial charge in [-0.1, -0.05) is 29.5 Å². The van der Waals surface area contributed by atoms with Crippen LogP contribution < -0.4 is 5.32 Å². The van der Waals surface area contributed by atoms with Gasteiger partial charge in [0.05, 0.1) is 5.75 Å². The molecule has 0 fully saturated rings. The smallest absolute Gasteiger partial charge is 0.234 e. The molecule has 1 aromatic carbocycles. The van der Waals surface area contributed by atoms with Crippen LogP contribution in [0.5, 0.6) is 0 Å². The molecule has 1 amide bonds. The van der Waals surface area contributed by atoms with E-state index in [0.717, 1.165) is 32.3 Å². The summed E-state index contributed by atoms with van der Waals surface area (Å²) in [4.78, 5) is 23.7. The van der Waals surface area contributed by atoms with Crippen molar-refractivity contribution < 1.29 is 4.79 Å². The fraction of sp³-hybridized carbons (Fsp3) is 0.316. The molecule has 0 spiro atoms. The van der Waals surface area contributed by atoms with Crippen molar-refractivity contribution in [3.63, 3.8) is 0 Å². The summed E-state index contributed by atoms with van der Waals surface area (Å²) in [5.41, 5.74) is 4.33. The molecule has 0 aliphatic carbocycles. The molecule has 3 rings (SSSR count). The zero-order chi connectivity index (χ0) is 18.1. The van der Waals surface area contributed by atoms with Gasteiger partial charge in [0.1, 0.15) is 15.7 Å². The van der Waals surface area contributed by atoms with E-state index in [1.807, 2.05) is 32.9 Å². The Hall–Kier alpha value is -1.92. The molecule has 2 heterocycles. The van der Waals surface area contributed by atoms with E-state index < -0.39 is 0 Å². The van der Waals surface area contributed by atoms with E-state index in [-0.39, 0.29) is 5.91 Å². The molecule has 0 radical (unpaired) electrons. The van der Waals surface area contributed by atoms with Gasteiger partial charge in [-0.25, -0.2) is 9.97 Å². The van der Waals surface area contributed by atoms with Crippen molar-refractivity contribution in [1.82, 2.24) is 9.97 Å². The van der Waals surface area contributed by atoms with E-state index in [1.165, 1.54) is 27.8 Å². The summed E-state index contributed by atoms with van der Waals surface area (Å²) < 4.78 is 0. The normalized spacial score (nSPS) is 11.1. The largest absolute Gasteiger partial charge is 0.325 e. The molecule has 25 heavy (non-hydrogen) atoms. The Kier molecular flexibility index (Phi) is 5.11. The highest BCUT2D eigenvalue weighted by atomic mass is 32.2. The molecule has 0 aliphatic heterocycles. The highest BCUT2D eigenvalue weighted by Gasteiger charge is 2.15. The third-order valence-corrected chi connectivity index (χ3v) is 6.18. The van der Waals surface area contributed by atoms with E-state index >= 15 is 0 Å². The average Bonchev–Trinajstić information content (AvgIpc) is 2.82. The minimum Gasteiger partial charge on any atom is -0.325 e. The summed E-state index contributed by atoms with van der Waals surface area (Å²) in [5.74, 6) is 1.05. The fourth-order valence-corrected chi connectivity index (χ4v) is 4.76. The number of anilines is 1. The maximum atomic E-state index is 12.4. The zero-order valence-corrected chi connectivity index (χ0v) is 16.7. The molecule has 4 nitrogen and oxygen atoms in total. The molecule has 3 aromatic rings. The Morgan fingerprint density at radius 2 is 1.92 bits per heavy atom. The highest BCUT2D eigenvalue weighted by molar-refractivity contribution is 8.00. The minimum absolute atomic E-state index is 0.0222. The second-order valence-corrected chi connectivity index (χ2v) is 8.36. The number of nitrogens with one attached hydrogen (secondary N) is 1. The SMILES string of the molecule is Cc1ccc(NC(=O)CSc2nc(C)nc3sc(C)c(C)c23)c(C)c1. The number of rotatable bonds is 4. The first-order chi connectivity index (χ1) is 11.8. The van der Waals surface area contributed by atoms with E-state index in [1.54, 1.807) is 11.3 Å². The third kappa shape index (κ3) is 3.85. The first-order valence-corrected chi connectivity index (χ1v) is 9.89. The van der Waals surface area contributed by atoms with E-state index in [4.69, 9.17) is 0 Å². The van der Waals surface area contributed by atoms with Crippen LogP contribution in [0.4, 0.5) is 5.69 Å². The summed E-state index contributed by atoms with van der Waals surface area (Å²) in [7, 11) is 0. The van der Waals surface area contributed by atoms with Crippen LogP contribution >= 0.6 is 23.1 Å². The van der Waals surface area contributed by atoms with Gasteiger partial charge >= 0.3 is 0 Å². The highest BCUT2D eigenvalue weighted by Crippen LogP contribution is 2.35. The van der Waals surface area contributed by atoms with Crippen LogP contribution in [0.25, 0.3) is 10.2 Å². The Balaban J connectivity index is 1.77. The second kappa shape index (κ2) is 7.14. The lowest BCUT2D eigenvalue weighted by molar-refractivity contribution is -0.113. The number of amides is 1. The van der Waals surface area contributed by atoms with Crippen LogP contribution in [-0.4, -0.2) is 21.6 Å². The maximum absolute atomic E-state index is 12.4. The van der Waals surface area contributed by atoms with Gasteiger partial charge in [-0.05, 0) is 51.8 Å². The predicted octanol–water partition coefficient (Wildman–Crippen LogP) is 4.96. The maximum Gasteiger partial charge on any atom is 0.234 e. The topological polar surface area (TPSA) is 54.9 Å². The minimum atomic E-state index is -0.0222. The number of carbonyl (C=O) groups excluding carboxylic acids is 1. The van der Waals surface area contributed by atoms with Gasteiger partial charge in [0.15, 0.2) is 0 Å². The van der Waals surface area contributed by atoms with Gasteiger partial charge in [0, 0.05) is 16.0 Å². The number of benzene rings is 1. The van der Waals surface area contributed by atoms with Gasteiger partial charge in [-0.2, -0.15) is 0 Å². The van der Waals surface area contributed by atoms with Gasteiger partial charge in [-0.15, -0.1) is 11.3 Å². The average molecular weight is 372 g/mol. The lowest BCUT2D eigenvalue weighted by atomic mass is 10.1. The van der Waals surface area contributed by atoms with Crippen molar-refractivity contribution in [2.75, 3.05) is 11.1 Å². The van der Waals surface area contributed by atoms with Gasteiger partial charge in [0.2, 0.25) is 5.91 Å². The van der Waals surface area contributed by atoms with Crippen molar-refractivity contribution in [2.24, 2.45) is 0 Å². The molecule has 0 aliphatic rings. The van der Waals surface area contributed by atoms with Gasteiger partial charge in [-0.3, -0.25) is 4.79 Å². The summed E-state index contributed by atoms with van der Waals surface area (Å²) in [6.07, 6.45) is 0. The molecule has 130 valence electrons. The molecule has 1 N–H and O–H groups in total. The number of thiophene rings is 1. The van der Waals surface area contributed by atoms with E-state index in [2.05, 4.69) is 35.2 Å². The lowest BCUT2D eigenvalue weighted by Gasteiger charge is -2.09. The van der Waals surface area contributed by atoms with Crippen LogP contribution in [0.1, 0.15) is 27.4 Å². The summed E-state index contributed by atoms with van der Waals surface area (Å²) in [6.45, 7) is 10.1. The zero-order valence-electron chi connectivity index (χ0n) is 15.1. The van der Waals surface area contributed by atoms with Crippen molar-refractivity contribution in [3.05, 3.63) is 45.6 Å². The molecule has 0 unspecified atom stereocenters. The predicted molar refractivity (Wildman–Crippen MR) is 107 cm³/mol. The van der Waals surface area contributed by atoms with Gasteiger partial charge in [0.25, 0.3) is 0 Å². The van der Waals surface area contributed by atoms with E-state index in [0.29, 0.717) is 5.75 Å². The molecule has 2 aromatic heterocycles. The molecule has 0 atom stereocenters. The van der Waals surface area contributed by atoms with Crippen molar-refractivity contribution in [1.29, 1.82) is 0 Å². The Labute approximate surface area is 156 Å². The van der Waals surface area contributed by atoms with E-state index in [9.17, 15) is 4.79 Å². The van der Waals surface area contributed by atoms with Crippen LogP contribution in [0.3, 0.4) is 0 Å². The number of carbonyl (C=O) groups is 1. The number of fused-ring (bicyclic) bond motifs is 1. The van der Waals surface area contributed by atoms with Crippen LogP contribution in [0.15, 0.2) is 23.2 Å². The first-order valence-electron chi connectivity index (χ1n) is 8.09. The number of nitrogens with zero attached hydrogens (tertiary/aromatic N) is 2. The molecular formula is C19H21N3OS2. The number of aromatic nitrogens is 2.